The lowest BCUT2D eigenvalue weighted by atomic mass is 10.0. The summed E-state index contributed by atoms with van der Waals surface area (Å²) in [5.41, 5.74) is 2.91. The highest BCUT2D eigenvalue weighted by molar-refractivity contribution is 5.09. The van der Waals surface area contributed by atoms with E-state index in [1.165, 1.54) is 11.1 Å². The van der Waals surface area contributed by atoms with Crippen LogP contribution in [0.25, 0.3) is 0 Å². The lowest BCUT2D eigenvalue weighted by molar-refractivity contribution is 0.283. The second-order valence-corrected chi connectivity index (χ2v) is 3.92. The van der Waals surface area contributed by atoms with Crippen molar-refractivity contribution >= 4 is 0 Å². The molecule has 0 radical (unpaired) electrons. The molecule has 0 rings (SSSR count). The van der Waals surface area contributed by atoms with Crippen LogP contribution in [0.1, 0.15) is 52.4 Å². The second-order valence-electron chi connectivity index (χ2n) is 3.92. The van der Waals surface area contributed by atoms with E-state index in [9.17, 15) is 0 Å². The van der Waals surface area contributed by atoms with Gasteiger partial charge in [-0.05, 0) is 52.4 Å². The molecule has 0 aliphatic heterocycles. The molecule has 2 heteroatoms. The molecule has 0 aliphatic rings. The van der Waals surface area contributed by atoms with Crippen molar-refractivity contribution < 1.29 is 10.2 Å². The van der Waals surface area contributed by atoms with Gasteiger partial charge < -0.3 is 10.2 Å². The number of rotatable bonds is 8. The quantitative estimate of drug-likeness (QED) is 0.467. The fraction of sp³-hybridized carbons (Fsp3) is 0.833. The highest BCUT2D eigenvalue weighted by Gasteiger charge is 1.97. The van der Waals surface area contributed by atoms with E-state index in [4.69, 9.17) is 10.2 Å². The van der Waals surface area contributed by atoms with E-state index in [1.807, 2.05) is 0 Å². The minimum absolute atomic E-state index is 0.302. The Hall–Kier alpha value is -0.340. The molecule has 0 spiro atoms. The van der Waals surface area contributed by atoms with Crippen molar-refractivity contribution in [3.05, 3.63) is 11.1 Å². The maximum Gasteiger partial charge on any atom is 0.0431 e. The summed E-state index contributed by atoms with van der Waals surface area (Å²) in [6.07, 6.45) is 6.18. The Kier molecular flexibility index (Phi) is 9.00. The van der Waals surface area contributed by atoms with Crippen LogP contribution in [0.5, 0.6) is 0 Å². The molecule has 0 aromatic rings. The van der Waals surface area contributed by atoms with E-state index in [2.05, 4.69) is 13.8 Å². The number of hydrogen-bond acceptors (Lipinski definition) is 2. The highest BCUT2D eigenvalue weighted by atomic mass is 16.3. The Balaban J connectivity index is 3.66. The number of allylic oxidation sites excluding steroid dienone is 2. The summed E-state index contributed by atoms with van der Waals surface area (Å²) in [4.78, 5) is 0. The van der Waals surface area contributed by atoms with Gasteiger partial charge in [-0.2, -0.15) is 0 Å². The van der Waals surface area contributed by atoms with Crippen molar-refractivity contribution in [2.75, 3.05) is 13.2 Å². The molecule has 0 heterocycles. The molecule has 2 N–H and O–H groups in total. The first-order valence-corrected chi connectivity index (χ1v) is 5.59. The van der Waals surface area contributed by atoms with Gasteiger partial charge in [-0.15, -0.1) is 0 Å². The number of hydrogen-bond donors (Lipinski definition) is 2. The third-order valence-electron chi connectivity index (χ3n) is 2.65. The second kappa shape index (κ2) is 9.22. The predicted molar refractivity (Wildman–Crippen MR) is 60.2 cm³/mol. The van der Waals surface area contributed by atoms with Crippen LogP contribution in [0.2, 0.25) is 0 Å². The monoisotopic (exact) mass is 200 g/mol. The van der Waals surface area contributed by atoms with Crippen molar-refractivity contribution in [3.63, 3.8) is 0 Å². The summed E-state index contributed by atoms with van der Waals surface area (Å²) >= 11 is 0. The van der Waals surface area contributed by atoms with E-state index in [0.717, 1.165) is 38.5 Å². The van der Waals surface area contributed by atoms with Crippen LogP contribution in [-0.2, 0) is 0 Å². The summed E-state index contributed by atoms with van der Waals surface area (Å²) in [5, 5.41) is 17.3. The molecule has 2 nitrogen and oxygen atoms in total. The van der Waals surface area contributed by atoms with Crippen molar-refractivity contribution in [2.45, 2.75) is 52.4 Å². The molecule has 0 atom stereocenters. The van der Waals surface area contributed by atoms with E-state index in [1.54, 1.807) is 0 Å². The molecule has 0 amide bonds. The minimum Gasteiger partial charge on any atom is -0.396 e. The van der Waals surface area contributed by atoms with Crippen LogP contribution < -0.4 is 0 Å². The number of unbranched alkanes of at least 4 members (excludes halogenated alkanes) is 2. The van der Waals surface area contributed by atoms with Crippen molar-refractivity contribution in [3.8, 4) is 0 Å². The lowest BCUT2D eigenvalue weighted by Gasteiger charge is -2.07. The third-order valence-corrected chi connectivity index (χ3v) is 2.65. The normalized spacial score (nSPS) is 12.9. The Labute approximate surface area is 87.7 Å². The Morgan fingerprint density at radius 2 is 1.07 bits per heavy atom. The van der Waals surface area contributed by atoms with Crippen LogP contribution in [0, 0.1) is 0 Å². The van der Waals surface area contributed by atoms with Gasteiger partial charge in [0.25, 0.3) is 0 Å². The summed E-state index contributed by atoms with van der Waals surface area (Å²) in [6.45, 7) is 4.95. The van der Waals surface area contributed by atoms with Gasteiger partial charge in [-0.3, -0.25) is 0 Å². The Morgan fingerprint density at radius 1 is 0.714 bits per heavy atom. The highest BCUT2D eigenvalue weighted by Crippen LogP contribution is 2.16. The smallest absolute Gasteiger partial charge is 0.0431 e. The van der Waals surface area contributed by atoms with Gasteiger partial charge in [-0.25, -0.2) is 0 Å². The zero-order valence-electron chi connectivity index (χ0n) is 9.55. The fourth-order valence-corrected chi connectivity index (χ4v) is 1.43. The van der Waals surface area contributed by atoms with E-state index < -0.39 is 0 Å². The molecule has 0 saturated carbocycles. The van der Waals surface area contributed by atoms with Gasteiger partial charge >= 0.3 is 0 Å². The largest absolute Gasteiger partial charge is 0.396 e. The standard InChI is InChI=1S/C12H24O2/c1-11(7-3-5-9-13)12(2)8-4-6-10-14/h13-14H,3-10H2,1-2H3. The van der Waals surface area contributed by atoms with Crippen LogP contribution in [-0.4, -0.2) is 23.4 Å². The first-order valence-electron chi connectivity index (χ1n) is 5.59. The molecule has 84 valence electrons. The molecule has 0 fully saturated rings. The third kappa shape index (κ3) is 7.10. The first-order chi connectivity index (χ1) is 6.72. The average molecular weight is 200 g/mol. The maximum absolute atomic E-state index is 8.65. The molecule has 0 aromatic carbocycles. The number of aliphatic hydroxyl groups is 2. The van der Waals surface area contributed by atoms with Crippen LogP contribution in [0.15, 0.2) is 11.1 Å². The zero-order valence-corrected chi connectivity index (χ0v) is 9.55. The van der Waals surface area contributed by atoms with Crippen molar-refractivity contribution in [2.24, 2.45) is 0 Å². The molecule has 14 heavy (non-hydrogen) atoms. The molecule has 0 aromatic heterocycles. The Morgan fingerprint density at radius 3 is 1.36 bits per heavy atom. The molecular weight excluding hydrogens is 176 g/mol. The number of aliphatic hydroxyl groups excluding tert-OH is 2. The van der Waals surface area contributed by atoms with Crippen LogP contribution in [0.4, 0.5) is 0 Å². The summed E-state index contributed by atoms with van der Waals surface area (Å²) in [6, 6.07) is 0. The average Bonchev–Trinajstić information content (AvgIpc) is 2.18. The SMILES string of the molecule is CC(CCCCO)=C(C)CCCCO. The van der Waals surface area contributed by atoms with Crippen molar-refractivity contribution in [1.29, 1.82) is 0 Å². The lowest BCUT2D eigenvalue weighted by Crippen LogP contribution is -1.90. The first kappa shape index (κ1) is 13.7. The van der Waals surface area contributed by atoms with Crippen LogP contribution in [0.3, 0.4) is 0 Å². The molecule has 0 unspecified atom stereocenters. The zero-order chi connectivity index (χ0) is 10.8. The maximum atomic E-state index is 8.65. The Bertz CT molecular complexity index is 144. The van der Waals surface area contributed by atoms with Crippen LogP contribution >= 0.6 is 0 Å². The van der Waals surface area contributed by atoms with E-state index in [-0.39, 0.29) is 0 Å². The summed E-state index contributed by atoms with van der Waals surface area (Å²) in [7, 11) is 0. The van der Waals surface area contributed by atoms with Gasteiger partial charge in [0.1, 0.15) is 0 Å². The molecule has 0 aliphatic carbocycles. The molecule has 0 bridgehead atoms. The van der Waals surface area contributed by atoms with Gasteiger partial charge in [0, 0.05) is 13.2 Å². The fourth-order valence-electron chi connectivity index (χ4n) is 1.43. The summed E-state index contributed by atoms with van der Waals surface area (Å²) < 4.78 is 0. The molecule has 0 saturated heterocycles. The topological polar surface area (TPSA) is 40.5 Å². The predicted octanol–water partition coefficient (Wildman–Crippen LogP) is 2.65. The van der Waals surface area contributed by atoms with Gasteiger partial charge in [-0.1, -0.05) is 11.1 Å². The summed E-state index contributed by atoms with van der Waals surface area (Å²) in [5.74, 6) is 0. The van der Waals surface area contributed by atoms with Gasteiger partial charge in [0.2, 0.25) is 0 Å². The van der Waals surface area contributed by atoms with Crippen molar-refractivity contribution in [1.82, 2.24) is 0 Å². The van der Waals surface area contributed by atoms with Gasteiger partial charge in [0.05, 0.1) is 0 Å². The minimum atomic E-state index is 0.302. The van der Waals surface area contributed by atoms with E-state index in [0.29, 0.717) is 13.2 Å². The van der Waals surface area contributed by atoms with E-state index >= 15 is 0 Å². The van der Waals surface area contributed by atoms with Gasteiger partial charge in [0.15, 0.2) is 0 Å². The molecular formula is C12H24O2.